The predicted octanol–water partition coefficient (Wildman–Crippen LogP) is 2.83. The van der Waals surface area contributed by atoms with E-state index in [1.165, 1.54) is 19.1 Å². The van der Waals surface area contributed by atoms with E-state index in [1.54, 1.807) is 24.3 Å². The molecule has 28 heavy (non-hydrogen) atoms. The number of anilines is 2. The monoisotopic (exact) mass is 410 g/mol. The molecule has 2 aromatic heterocycles. The number of rotatable bonds is 5. The first kappa shape index (κ1) is 19.6. The first-order valence-electron chi connectivity index (χ1n) is 7.82. The zero-order chi connectivity index (χ0) is 20.3. The van der Waals surface area contributed by atoms with Crippen LogP contribution < -0.4 is 10.6 Å². The minimum atomic E-state index is -4.68. The van der Waals surface area contributed by atoms with Crippen molar-refractivity contribution in [2.75, 3.05) is 16.4 Å². The SMILES string of the molecule is CC(=O)Nc1ccc(NC(=O)CSc2ccc3nnc(C(F)(F)F)n3n2)cc1. The number of nitrogens with one attached hydrogen (secondary N) is 2. The fraction of sp³-hybridized carbons (Fsp3) is 0.188. The molecule has 2 amide bonds. The van der Waals surface area contributed by atoms with Crippen LogP contribution >= 0.6 is 11.8 Å². The number of amides is 2. The zero-order valence-corrected chi connectivity index (χ0v) is 15.1. The number of fused-ring (bicyclic) bond motifs is 1. The Labute approximate surface area is 160 Å². The summed E-state index contributed by atoms with van der Waals surface area (Å²) in [6, 6.07) is 9.30. The zero-order valence-electron chi connectivity index (χ0n) is 14.3. The van der Waals surface area contributed by atoms with Crippen molar-refractivity contribution in [2.45, 2.75) is 18.1 Å². The van der Waals surface area contributed by atoms with Gasteiger partial charge in [-0.25, -0.2) is 0 Å². The van der Waals surface area contributed by atoms with E-state index in [2.05, 4.69) is 25.9 Å². The van der Waals surface area contributed by atoms with Crippen LogP contribution in [0, 0.1) is 0 Å². The van der Waals surface area contributed by atoms with Gasteiger partial charge in [-0.1, -0.05) is 11.8 Å². The van der Waals surface area contributed by atoms with Gasteiger partial charge in [-0.3, -0.25) is 9.59 Å². The number of nitrogens with zero attached hydrogens (tertiary/aromatic N) is 4. The lowest BCUT2D eigenvalue weighted by molar-refractivity contribution is -0.146. The van der Waals surface area contributed by atoms with Crippen LogP contribution in [-0.2, 0) is 15.8 Å². The Morgan fingerprint density at radius 1 is 1.04 bits per heavy atom. The van der Waals surface area contributed by atoms with Crippen LogP contribution in [0.4, 0.5) is 24.5 Å². The summed E-state index contributed by atoms with van der Waals surface area (Å²) in [5.41, 5.74) is 1.06. The Hall–Kier alpha value is -3.15. The van der Waals surface area contributed by atoms with Gasteiger partial charge in [0.25, 0.3) is 5.82 Å². The van der Waals surface area contributed by atoms with E-state index < -0.39 is 12.0 Å². The van der Waals surface area contributed by atoms with Crippen LogP contribution in [0.1, 0.15) is 12.7 Å². The Morgan fingerprint density at radius 2 is 1.68 bits per heavy atom. The summed E-state index contributed by atoms with van der Waals surface area (Å²) in [6.07, 6.45) is -4.68. The second-order valence-corrected chi connectivity index (χ2v) is 6.55. The third-order valence-electron chi connectivity index (χ3n) is 3.33. The number of thioether (sulfide) groups is 1. The van der Waals surface area contributed by atoms with E-state index in [0.717, 1.165) is 11.8 Å². The minimum absolute atomic E-state index is 0.0413. The normalized spacial score (nSPS) is 11.4. The van der Waals surface area contributed by atoms with Gasteiger partial charge in [0.05, 0.1) is 5.75 Å². The van der Waals surface area contributed by atoms with Crippen LogP contribution in [0.5, 0.6) is 0 Å². The molecule has 0 aliphatic carbocycles. The molecule has 0 bridgehead atoms. The fourth-order valence-electron chi connectivity index (χ4n) is 2.20. The highest BCUT2D eigenvalue weighted by Gasteiger charge is 2.37. The van der Waals surface area contributed by atoms with Crippen LogP contribution in [0.3, 0.4) is 0 Å². The van der Waals surface area contributed by atoms with Gasteiger partial charge >= 0.3 is 6.18 Å². The molecule has 2 heterocycles. The van der Waals surface area contributed by atoms with Crippen molar-refractivity contribution in [1.29, 1.82) is 0 Å². The van der Waals surface area contributed by atoms with Gasteiger partial charge in [0.2, 0.25) is 11.8 Å². The summed E-state index contributed by atoms with van der Waals surface area (Å²) in [5.74, 6) is -1.86. The molecule has 146 valence electrons. The van der Waals surface area contributed by atoms with Gasteiger partial charge in [-0.2, -0.15) is 22.8 Å². The smallest absolute Gasteiger partial charge is 0.326 e. The van der Waals surface area contributed by atoms with Crippen molar-refractivity contribution in [1.82, 2.24) is 19.8 Å². The lowest BCUT2D eigenvalue weighted by Crippen LogP contribution is -2.15. The van der Waals surface area contributed by atoms with Crippen molar-refractivity contribution in [3.05, 3.63) is 42.2 Å². The molecule has 0 spiro atoms. The average Bonchev–Trinajstić information content (AvgIpc) is 3.05. The second kappa shape index (κ2) is 7.84. The molecular formula is C16H13F3N6O2S. The Balaban J connectivity index is 1.62. The number of halogens is 3. The third kappa shape index (κ3) is 4.76. The van der Waals surface area contributed by atoms with Crippen LogP contribution in [-0.4, -0.2) is 37.4 Å². The van der Waals surface area contributed by atoms with E-state index in [0.29, 0.717) is 15.9 Å². The maximum Gasteiger partial charge on any atom is 0.453 e. The summed E-state index contributed by atoms with van der Waals surface area (Å²) >= 11 is 0.973. The molecule has 0 unspecified atom stereocenters. The highest BCUT2D eigenvalue weighted by atomic mass is 32.2. The molecule has 2 N–H and O–H groups in total. The Bertz CT molecular complexity index is 1020. The largest absolute Gasteiger partial charge is 0.453 e. The lowest BCUT2D eigenvalue weighted by atomic mass is 10.3. The second-order valence-electron chi connectivity index (χ2n) is 5.56. The summed E-state index contributed by atoms with van der Waals surface area (Å²) in [5, 5.41) is 15.8. The van der Waals surface area contributed by atoms with E-state index in [4.69, 9.17) is 0 Å². The summed E-state index contributed by atoms with van der Waals surface area (Å²) in [4.78, 5) is 23.0. The molecule has 3 aromatic rings. The number of carbonyl (C=O) groups is 2. The standard InChI is InChI=1S/C16H13F3N6O2S/c1-9(26)20-10-2-4-11(5-3-10)21-13(27)8-28-14-7-6-12-22-23-15(16(17,18)19)25(12)24-14/h2-7H,8H2,1H3,(H,20,26)(H,21,27). The Morgan fingerprint density at radius 3 is 2.29 bits per heavy atom. The van der Waals surface area contributed by atoms with Gasteiger partial charge in [0.15, 0.2) is 5.65 Å². The van der Waals surface area contributed by atoms with Crippen molar-refractivity contribution < 1.29 is 22.8 Å². The number of alkyl halides is 3. The van der Waals surface area contributed by atoms with Crippen molar-refractivity contribution in [3.8, 4) is 0 Å². The van der Waals surface area contributed by atoms with Gasteiger partial charge in [0, 0.05) is 18.3 Å². The lowest BCUT2D eigenvalue weighted by Gasteiger charge is -2.07. The number of hydrogen-bond acceptors (Lipinski definition) is 6. The summed E-state index contributed by atoms with van der Waals surface area (Å²) < 4.78 is 39.2. The Kier molecular flexibility index (Phi) is 5.49. The molecule has 0 fully saturated rings. The average molecular weight is 410 g/mol. The van der Waals surface area contributed by atoms with E-state index in [9.17, 15) is 22.8 Å². The molecule has 0 saturated heterocycles. The molecule has 1 aromatic carbocycles. The first-order chi connectivity index (χ1) is 13.2. The van der Waals surface area contributed by atoms with Gasteiger partial charge in [-0.05, 0) is 36.4 Å². The van der Waals surface area contributed by atoms with Crippen LogP contribution in [0.15, 0.2) is 41.4 Å². The third-order valence-corrected chi connectivity index (χ3v) is 4.25. The number of aromatic nitrogens is 4. The maximum absolute atomic E-state index is 12.9. The van der Waals surface area contributed by atoms with Crippen LogP contribution in [0.2, 0.25) is 0 Å². The molecule has 0 aliphatic heterocycles. The molecule has 8 nitrogen and oxygen atoms in total. The molecule has 0 radical (unpaired) electrons. The quantitative estimate of drug-likeness (QED) is 0.628. The minimum Gasteiger partial charge on any atom is -0.326 e. The molecular weight excluding hydrogens is 397 g/mol. The topological polar surface area (TPSA) is 101 Å². The summed E-state index contributed by atoms with van der Waals surface area (Å²) in [6.45, 7) is 1.38. The van der Waals surface area contributed by atoms with E-state index in [-0.39, 0.29) is 28.2 Å². The molecule has 12 heteroatoms. The number of carbonyl (C=O) groups excluding carboxylic acids is 2. The summed E-state index contributed by atoms with van der Waals surface area (Å²) in [7, 11) is 0. The van der Waals surface area contributed by atoms with E-state index in [1.807, 2.05) is 0 Å². The molecule has 0 atom stereocenters. The van der Waals surface area contributed by atoms with Crippen LogP contribution in [0.25, 0.3) is 5.65 Å². The van der Waals surface area contributed by atoms with Crippen molar-refractivity contribution in [2.24, 2.45) is 0 Å². The highest BCUT2D eigenvalue weighted by molar-refractivity contribution is 7.99. The highest BCUT2D eigenvalue weighted by Crippen LogP contribution is 2.28. The molecule has 3 rings (SSSR count). The predicted molar refractivity (Wildman–Crippen MR) is 95.9 cm³/mol. The van der Waals surface area contributed by atoms with Crippen molar-refractivity contribution >= 4 is 40.6 Å². The maximum atomic E-state index is 12.9. The van der Waals surface area contributed by atoms with Gasteiger partial charge in [0.1, 0.15) is 5.03 Å². The van der Waals surface area contributed by atoms with Gasteiger partial charge < -0.3 is 10.6 Å². The van der Waals surface area contributed by atoms with Gasteiger partial charge in [-0.15, -0.1) is 10.2 Å². The molecule has 0 aliphatic rings. The van der Waals surface area contributed by atoms with Crippen molar-refractivity contribution in [3.63, 3.8) is 0 Å². The number of benzene rings is 1. The molecule has 0 saturated carbocycles. The first-order valence-corrected chi connectivity index (χ1v) is 8.81. The number of hydrogen-bond donors (Lipinski definition) is 2. The fourth-order valence-corrected chi connectivity index (χ4v) is 2.86. The van der Waals surface area contributed by atoms with E-state index >= 15 is 0 Å².